The molecule has 5 nitrogen and oxygen atoms in total. The van der Waals surface area contributed by atoms with E-state index >= 15 is 0 Å². The SMILES string of the molecule is CN(C)S(=O)(=O)N(C)CCCCCO. The predicted octanol–water partition coefficient (Wildman–Crippen LogP) is -0.113. The molecule has 0 unspecified atom stereocenters. The van der Waals surface area contributed by atoms with Crippen LogP contribution in [0, 0.1) is 0 Å². The summed E-state index contributed by atoms with van der Waals surface area (Å²) >= 11 is 0. The molecule has 0 aromatic heterocycles. The lowest BCUT2D eigenvalue weighted by atomic mass is 10.2. The van der Waals surface area contributed by atoms with Crippen molar-refractivity contribution in [2.45, 2.75) is 19.3 Å². The Bertz CT molecular complexity index is 239. The smallest absolute Gasteiger partial charge is 0.281 e. The Balaban J connectivity index is 3.90. The normalized spacial score (nSPS) is 12.7. The number of nitrogens with zero attached hydrogens (tertiary/aromatic N) is 2. The molecular formula is C8H20N2O3S. The second-order valence-corrected chi connectivity index (χ2v) is 5.65. The molecule has 0 aliphatic carbocycles. The van der Waals surface area contributed by atoms with Gasteiger partial charge in [-0.2, -0.15) is 17.0 Å². The van der Waals surface area contributed by atoms with Crippen LogP contribution >= 0.6 is 0 Å². The van der Waals surface area contributed by atoms with Crippen molar-refractivity contribution in [3.05, 3.63) is 0 Å². The highest BCUT2D eigenvalue weighted by molar-refractivity contribution is 7.86. The van der Waals surface area contributed by atoms with Gasteiger partial charge in [-0.05, 0) is 19.3 Å². The fourth-order valence-corrected chi connectivity index (χ4v) is 1.93. The summed E-state index contributed by atoms with van der Waals surface area (Å²) in [6.45, 7) is 0.671. The first-order valence-electron chi connectivity index (χ1n) is 4.67. The molecule has 0 saturated heterocycles. The van der Waals surface area contributed by atoms with Crippen molar-refractivity contribution in [2.75, 3.05) is 34.3 Å². The van der Waals surface area contributed by atoms with E-state index in [1.54, 1.807) is 7.05 Å². The molecule has 0 rings (SSSR count). The number of aliphatic hydroxyl groups excluding tert-OH is 1. The van der Waals surface area contributed by atoms with Gasteiger partial charge in [-0.15, -0.1) is 0 Å². The van der Waals surface area contributed by atoms with Crippen LogP contribution in [0.5, 0.6) is 0 Å². The summed E-state index contributed by atoms with van der Waals surface area (Å²) in [7, 11) is 1.33. The first-order chi connectivity index (χ1) is 6.42. The molecule has 86 valence electrons. The molecule has 6 heteroatoms. The number of hydrogen-bond acceptors (Lipinski definition) is 3. The molecule has 0 radical (unpaired) electrons. The van der Waals surface area contributed by atoms with Gasteiger partial charge < -0.3 is 5.11 Å². The van der Waals surface area contributed by atoms with Crippen LogP contribution < -0.4 is 0 Å². The molecule has 0 atom stereocenters. The lowest BCUT2D eigenvalue weighted by molar-refractivity contribution is 0.281. The molecule has 1 N–H and O–H groups in total. The van der Waals surface area contributed by atoms with Crippen LogP contribution in [0.25, 0.3) is 0 Å². The maximum Gasteiger partial charge on any atom is 0.281 e. The molecule has 0 aliphatic heterocycles. The van der Waals surface area contributed by atoms with E-state index in [9.17, 15) is 8.42 Å². The minimum atomic E-state index is -3.26. The van der Waals surface area contributed by atoms with E-state index in [0.717, 1.165) is 19.3 Å². The lowest BCUT2D eigenvalue weighted by Gasteiger charge is -2.21. The summed E-state index contributed by atoms with van der Waals surface area (Å²) in [5, 5.41) is 8.54. The van der Waals surface area contributed by atoms with Crippen molar-refractivity contribution in [3.8, 4) is 0 Å². The molecule has 0 aromatic rings. The van der Waals surface area contributed by atoms with Crippen LogP contribution in [0.3, 0.4) is 0 Å². The van der Waals surface area contributed by atoms with Crippen LogP contribution in [-0.2, 0) is 10.2 Å². The highest BCUT2D eigenvalue weighted by atomic mass is 32.2. The maximum atomic E-state index is 11.5. The van der Waals surface area contributed by atoms with Crippen molar-refractivity contribution in [1.82, 2.24) is 8.61 Å². The van der Waals surface area contributed by atoms with Crippen molar-refractivity contribution in [3.63, 3.8) is 0 Å². The Morgan fingerprint density at radius 3 is 2.07 bits per heavy atom. The summed E-state index contributed by atoms with van der Waals surface area (Å²) in [5.74, 6) is 0. The third-order valence-corrected chi connectivity index (χ3v) is 3.88. The van der Waals surface area contributed by atoms with E-state index in [1.165, 1.54) is 22.7 Å². The minimum Gasteiger partial charge on any atom is -0.396 e. The Kier molecular flexibility index (Phi) is 6.26. The van der Waals surface area contributed by atoms with E-state index in [-0.39, 0.29) is 6.61 Å². The van der Waals surface area contributed by atoms with E-state index in [1.807, 2.05) is 0 Å². The summed E-state index contributed by atoms with van der Waals surface area (Å²) in [5.41, 5.74) is 0. The largest absolute Gasteiger partial charge is 0.396 e. The quantitative estimate of drug-likeness (QED) is 0.614. The summed E-state index contributed by atoms with van der Waals surface area (Å²) in [6.07, 6.45) is 2.36. The average molecular weight is 224 g/mol. The van der Waals surface area contributed by atoms with Crippen LogP contribution in [0.1, 0.15) is 19.3 Å². The number of unbranched alkanes of at least 4 members (excludes halogenated alkanes) is 2. The highest BCUT2D eigenvalue weighted by Crippen LogP contribution is 2.04. The molecule has 0 aromatic carbocycles. The second-order valence-electron chi connectivity index (χ2n) is 3.40. The maximum absolute atomic E-state index is 11.5. The predicted molar refractivity (Wildman–Crippen MR) is 56.2 cm³/mol. The fourth-order valence-electron chi connectivity index (χ4n) is 1.02. The molecule has 0 saturated carbocycles. The van der Waals surface area contributed by atoms with E-state index in [0.29, 0.717) is 6.54 Å². The van der Waals surface area contributed by atoms with Gasteiger partial charge in [0.25, 0.3) is 10.2 Å². The molecule has 0 spiro atoms. The molecule has 0 heterocycles. The van der Waals surface area contributed by atoms with Crippen molar-refractivity contribution >= 4 is 10.2 Å². The van der Waals surface area contributed by atoms with E-state index < -0.39 is 10.2 Å². The molecule has 0 fully saturated rings. The van der Waals surface area contributed by atoms with Gasteiger partial charge in [0.05, 0.1) is 0 Å². The first-order valence-corrected chi connectivity index (χ1v) is 6.07. The van der Waals surface area contributed by atoms with Gasteiger partial charge >= 0.3 is 0 Å². The Morgan fingerprint density at radius 1 is 1.07 bits per heavy atom. The van der Waals surface area contributed by atoms with Gasteiger partial charge in [-0.25, -0.2) is 0 Å². The average Bonchev–Trinajstić information content (AvgIpc) is 2.11. The van der Waals surface area contributed by atoms with Gasteiger partial charge in [0.2, 0.25) is 0 Å². The van der Waals surface area contributed by atoms with Crippen molar-refractivity contribution in [1.29, 1.82) is 0 Å². The van der Waals surface area contributed by atoms with Gasteiger partial charge in [0.15, 0.2) is 0 Å². The van der Waals surface area contributed by atoms with Crippen LogP contribution in [-0.4, -0.2) is 56.4 Å². The second kappa shape index (κ2) is 6.34. The standard InChI is InChI=1S/C8H20N2O3S/c1-9(2)14(12,13)10(3)7-5-4-6-8-11/h11H,4-8H2,1-3H3. The fraction of sp³-hybridized carbons (Fsp3) is 1.00. The molecular weight excluding hydrogens is 204 g/mol. The highest BCUT2D eigenvalue weighted by Gasteiger charge is 2.19. The summed E-state index contributed by atoms with van der Waals surface area (Å²) < 4.78 is 25.5. The van der Waals surface area contributed by atoms with Gasteiger partial charge in [-0.1, -0.05) is 0 Å². The molecule has 14 heavy (non-hydrogen) atoms. The molecule has 0 aliphatic rings. The number of hydrogen-bond donors (Lipinski definition) is 1. The van der Waals surface area contributed by atoms with Gasteiger partial charge in [0.1, 0.15) is 0 Å². The third-order valence-electron chi connectivity index (χ3n) is 1.99. The summed E-state index contributed by atoms with van der Waals surface area (Å²) in [4.78, 5) is 0. The zero-order valence-electron chi connectivity index (χ0n) is 9.10. The Labute approximate surface area is 86.5 Å². The number of rotatable bonds is 7. The Morgan fingerprint density at radius 2 is 1.64 bits per heavy atom. The first kappa shape index (κ1) is 13.8. The zero-order valence-corrected chi connectivity index (χ0v) is 9.92. The number of aliphatic hydroxyl groups is 1. The van der Waals surface area contributed by atoms with Crippen molar-refractivity contribution < 1.29 is 13.5 Å². The minimum absolute atomic E-state index is 0.171. The van der Waals surface area contributed by atoms with Crippen LogP contribution in [0.15, 0.2) is 0 Å². The molecule has 0 bridgehead atoms. The van der Waals surface area contributed by atoms with Gasteiger partial charge in [-0.3, -0.25) is 0 Å². The van der Waals surface area contributed by atoms with E-state index in [4.69, 9.17) is 5.11 Å². The monoisotopic (exact) mass is 224 g/mol. The van der Waals surface area contributed by atoms with Gasteiger partial charge in [0, 0.05) is 34.3 Å². The van der Waals surface area contributed by atoms with Crippen LogP contribution in [0.2, 0.25) is 0 Å². The lowest BCUT2D eigenvalue weighted by Crippen LogP contribution is -2.37. The third kappa shape index (κ3) is 4.36. The van der Waals surface area contributed by atoms with E-state index in [2.05, 4.69) is 0 Å². The topological polar surface area (TPSA) is 60.9 Å². The Hall–Kier alpha value is -0.170. The summed E-state index contributed by atoms with van der Waals surface area (Å²) in [6, 6.07) is 0. The van der Waals surface area contributed by atoms with Crippen molar-refractivity contribution in [2.24, 2.45) is 0 Å². The van der Waals surface area contributed by atoms with Crippen LogP contribution in [0.4, 0.5) is 0 Å². The molecule has 0 amide bonds. The zero-order chi connectivity index (χ0) is 11.2.